The van der Waals surface area contributed by atoms with Gasteiger partial charge in [0.2, 0.25) is 10.0 Å². The van der Waals surface area contributed by atoms with Crippen molar-refractivity contribution in [1.82, 2.24) is 13.9 Å². The fourth-order valence-corrected chi connectivity index (χ4v) is 3.98. The number of benzene rings is 2. The first-order valence-electron chi connectivity index (χ1n) is 8.23. The Morgan fingerprint density at radius 1 is 1.15 bits per heavy atom. The van der Waals surface area contributed by atoms with Crippen molar-refractivity contribution in [3.63, 3.8) is 0 Å². The molecule has 2 aromatic carbocycles. The molecule has 1 aromatic heterocycles. The smallest absolute Gasteiger partial charge is 0.242 e. The number of ether oxygens (including phenoxy) is 1. The Kier molecular flexibility index (Phi) is 5.67. The lowest BCUT2D eigenvalue weighted by Crippen LogP contribution is -2.22. The van der Waals surface area contributed by atoms with Crippen molar-refractivity contribution >= 4 is 44.3 Å². The highest BCUT2D eigenvalue weighted by molar-refractivity contribution is 7.89. The van der Waals surface area contributed by atoms with Crippen LogP contribution in [0.1, 0.15) is 12.7 Å². The number of fused-ring (bicyclic) bond motifs is 1. The molecular formula is C18H19Cl2N3O3S. The number of halogens is 2. The molecule has 0 unspecified atom stereocenters. The number of hydrogen-bond acceptors (Lipinski definition) is 4. The molecule has 0 saturated carbocycles. The Morgan fingerprint density at radius 3 is 2.56 bits per heavy atom. The molecule has 3 aromatic rings. The zero-order chi connectivity index (χ0) is 19.8. The van der Waals surface area contributed by atoms with Gasteiger partial charge in [0.1, 0.15) is 18.2 Å². The van der Waals surface area contributed by atoms with Gasteiger partial charge in [-0.2, -0.15) is 0 Å². The summed E-state index contributed by atoms with van der Waals surface area (Å²) >= 11 is 12.1. The van der Waals surface area contributed by atoms with Gasteiger partial charge < -0.3 is 9.30 Å². The predicted octanol–water partition coefficient (Wildman–Crippen LogP) is 4.19. The summed E-state index contributed by atoms with van der Waals surface area (Å²) in [5.74, 6) is 1.14. The van der Waals surface area contributed by atoms with Gasteiger partial charge in [-0.25, -0.2) is 17.7 Å². The Labute approximate surface area is 168 Å². The maximum Gasteiger partial charge on any atom is 0.242 e. The lowest BCUT2D eigenvalue weighted by molar-refractivity contribution is 0.291. The molecule has 0 aliphatic heterocycles. The van der Waals surface area contributed by atoms with Gasteiger partial charge in [-0.05, 0) is 37.3 Å². The third-order valence-corrected chi connectivity index (χ3v) is 6.50. The quantitative estimate of drug-likeness (QED) is 0.591. The molecule has 6 nitrogen and oxygen atoms in total. The summed E-state index contributed by atoms with van der Waals surface area (Å²) < 4.78 is 33.6. The summed E-state index contributed by atoms with van der Waals surface area (Å²) in [5, 5.41) is 0.981. The lowest BCUT2D eigenvalue weighted by atomic mass is 10.3. The average Bonchev–Trinajstić information content (AvgIpc) is 2.98. The molecule has 0 saturated heterocycles. The summed E-state index contributed by atoms with van der Waals surface area (Å²) in [5.41, 5.74) is 1.43. The van der Waals surface area contributed by atoms with Crippen molar-refractivity contribution in [3.05, 3.63) is 52.3 Å². The second-order valence-electron chi connectivity index (χ2n) is 6.07. The Morgan fingerprint density at radius 2 is 1.89 bits per heavy atom. The molecule has 144 valence electrons. The summed E-state index contributed by atoms with van der Waals surface area (Å²) in [6.45, 7) is 2.83. The van der Waals surface area contributed by atoms with Gasteiger partial charge in [0.05, 0.1) is 21.0 Å². The van der Waals surface area contributed by atoms with Crippen LogP contribution in [0, 0.1) is 0 Å². The molecule has 0 atom stereocenters. The molecule has 0 aliphatic carbocycles. The van der Waals surface area contributed by atoms with E-state index in [4.69, 9.17) is 27.9 Å². The monoisotopic (exact) mass is 427 g/mol. The van der Waals surface area contributed by atoms with Crippen molar-refractivity contribution in [2.75, 3.05) is 14.1 Å². The van der Waals surface area contributed by atoms with Gasteiger partial charge in [-0.3, -0.25) is 0 Å². The molecule has 0 aliphatic rings. The van der Waals surface area contributed by atoms with Crippen LogP contribution in [-0.2, 0) is 23.2 Å². The van der Waals surface area contributed by atoms with E-state index in [1.807, 2.05) is 11.5 Å². The van der Waals surface area contributed by atoms with Crippen molar-refractivity contribution in [3.8, 4) is 5.75 Å². The van der Waals surface area contributed by atoms with Gasteiger partial charge in [-0.1, -0.05) is 23.2 Å². The first-order valence-corrected chi connectivity index (χ1v) is 10.4. The van der Waals surface area contributed by atoms with Crippen LogP contribution in [0.25, 0.3) is 11.0 Å². The molecule has 0 N–H and O–H groups in total. The van der Waals surface area contributed by atoms with Crippen LogP contribution in [0.2, 0.25) is 10.0 Å². The zero-order valence-electron chi connectivity index (χ0n) is 15.1. The van der Waals surface area contributed by atoms with Gasteiger partial charge in [-0.15, -0.1) is 0 Å². The summed E-state index contributed by atoms with van der Waals surface area (Å²) in [7, 11) is -0.527. The summed E-state index contributed by atoms with van der Waals surface area (Å²) in [6, 6.07) is 9.92. The average molecular weight is 428 g/mol. The second-order valence-corrected chi connectivity index (χ2v) is 9.07. The molecule has 1 heterocycles. The van der Waals surface area contributed by atoms with E-state index >= 15 is 0 Å². The highest BCUT2D eigenvalue weighted by Gasteiger charge is 2.19. The first-order chi connectivity index (χ1) is 12.7. The number of aromatic nitrogens is 2. The minimum Gasteiger partial charge on any atom is -0.484 e. The standard InChI is InChI=1S/C18H19Cl2N3O3S/c1-4-23-16-8-6-13(27(24,25)22(2)3)10-15(16)21-18(23)11-26-17-9-12(19)5-7-14(17)20/h5-10H,4,11H2,1-3H3. The van der Waals surface area contributed by atoms with Crippen LogP contribution in [0.4, 0.5) is 0 Å². The van der Waals surface area contributed by atoms with Crippen molar-refractivity contribution in [2.45, 2.75) is 25.0 Å². The SMILES string of the molecule is CCn1c(COc2cc(Cl)ccc2Cl)nc2cc(S(=O)(=O)N(C)C)ccc21. The number of imidazole rings is 1. The first kappa shape index (κ1) is 19.9. The number of aryl methyl sites for hydroxylation is 1. The molecule has 0 spiro atoms. The molecule has 0 radical (unpaired) electrons. The number of sulfonamides is 1. The molecule has 0 bridgehead atoms. The van der Waals surface area contributed by atoms with Crippen molar-refractivity contribution in [1.29, 1.82) is 0 Å². The van der Waals surface area contributed by atoms with Crippen molar-refractivity contribution in [2.24, 2.45) is 0 Å². The fraction of sp³-hybridized carbons (Fsp3) is 0.278. The highest BCUT2D eigenvalue weighted by atomic mass is 35.5. The normalized spacial score (nSPS) is 12.1. The molecule has 3 rings (SSSR count). The van der Waals surface area contributed by atoms with Crippen LogP contribution in [0.3, 0.4) is 0 Å². The van der Waals surface area contributed by atoms with Gasteiger partial charge in [0.15, 0.2) is 0 Å². The Hall–Kier alpha value is -1.80. The number of rotatable bonds is 6. The topological polar surface area (TPSA) is 64.4 Å². The molecule has 27 heavy (non-hydrogen) atoms. The molecule has 0 fully saturated rings. The minimum absolute atomic E-state index is 0.179. The van der Waals surface area contributed by atoms with Crippen LogP contribution in [-0.4, -0.2) is 36.4 Å². The van der Waals surface area contributed by atoms with E-state index < -0.39 is 10.0 Å². The lowest BCUT2D eigenvalue weighted by Gasteiger charge is -2.11. The van der Waals surface area contributed by atoms with E-state index in [0.717, 1.165) is 5.52 Å². The zero-order valence-corrected chi connectivity index (χ0v) is 17.4. The third kappa shape index (κ3) is 3.91. The predicted molar refractivity (Wildman–Crippen MR) is 107 cm³/mol. The highest BCUT2D eigenvalue weighted by Crippen LogP contribution is 2.29. The van der Waals surface area contributed by atoms with E-state index in [1.54, 1.807) is 36.4 Å². The van der Waals surface area contributed by atoms with Crippen molar-refractivity contribution < 1.29 is 13.2 Å². The third-order valence-electron chi connectivity index (χ3n) is 4.14. The summed E-state index contributed by atoms with van der Waals surface area (Å²) in [6.07, 6.45) is 0. The largest absolute Gasteiger partial charge is 0.484 e. The van der Waals surface area contributed by atoms with Crippen LogP contribution >= 0.6 is 23.2 Å². The molecule has 9 heteroatoms. The van der Waals surface area contributed by atoms with E-state index in [9.17, 15) is 8.42 Å². The number of nitrogens with zero attached hydrogens (tertiary/aromatic N) is 3. The minimum atomic E-state index is -3.52. The maximum atomic E-state index is 12.4. The van der Waals surface area contributed by atoms with Gasteiger partial charge in [0.25, 0.3) is 0 Å². The Bertz CT molecular complexity index is 1090. The van der Waals surface area contributed by atoms with Gasteiger partial charge >= 0.3 is 0 Å². The maximum absolute atomic E-state index is 12.4. The molecular weight excluding hydrogens is 409 g/mol. The van der Waals surface area contributed by atoms with Crippen LogP contribution < -0.4 is 4.74 Å². The second kappa shape index (κ2) is 7.67. The van der Waals surface area contributed by atoms with Crippen LogP contribution in [0.5, 0.6) is 5.75 Å². The number of hydrogen-bond donors (Lipinski definition) is 0. The fourth-order valence-electron chi connectivity index (χ4n) is 2.72. The van der Waals surface area contributed by atoms with Gasteiger partial charge in [0, 0.05) is 31.7 Å². The van der Waals surface area contributed by atoms with E-state index in [-0.39, 0.29) is 11.5 Å². The van der Waals surface area contributed by atoms with E-state index in [1.165, 1.54) is 18.4 Å². The summed E-state index contributed by atoms with van der Waals surface area (Å²) in [4.78, 5) is 4.76. The Balaban J connectivity index is 1.97. The molecule has 0 amide bonds. The van der Waals surface area contributed by atoms with Crippen LogP contribution in [0.15, 0.2) is 41.3 Å². The van der Waals surface area contributed by atoms with E-state index in [0.29, 0.717) is 33.7 Å². The van der Waals surface area contributed by atoms with E-state index in [2.05, 4.69) is 4.98 Å².